The van der Waals surface area contributed by atoms with Crippen LogP contribution >= 0.6 is 11.3 Å². The molecule has 8 heteroatoms. The molecule has 108 valence electrons. The van der Waals surface area contributed by atoms with Gasteiger partial charge in [-0.2, -0.15) is 0 Å². The van der Waals surface area contributed by atoms with Crippen LogP contribution in [0.15, 0.2) is 17.8 Å². The molecule has 0 aliphatic heterocycles. The summed E-state index contributed by atoms with van der Waals surface area (Å²) < 4.78 is 0. The first-order valence-corrected chi connectivity index (χ1v) is 7.36. The van der Waals surface area contributed by atoms with Crippen molar-refractivity contribution in [2.45, 2.75) is 25.2 Å². The Kier molecular flexibility index (Phi) is 3.61. The lowest BCUT2D eigenvalue weighted by Crippen LogP contribution is -2.15. The Morgan fingerprint density at radius 3 is 2.90 bits per heavy atom. The molecule has 0 saturated heterocycles. The number of nitrogens with one attached hydrogen (secondary N) is 1. The average molecular weight is 303 g/mol. The zero-order valence-electron chi connectivity index (χ0n) is 11.1. The number of carbonyl (C=O) groups excluding carboxylic acids is 2. The lowest BCUT2D eigenvalue weighted by atomic mass is 10.2. The third-order valence-electron chi connectivity index (χ3n) is 3.04. The minimum Gasteiger partial charge on any atom is -0.369 e. The molecule has 1 aliphatic rings. The van der Waals surface area contributed by atoms with Crippen molar-refractivity contribution in [3.05, 3.63) is 34.9 Å². The first kappa shape index (κ1) is 13.6. The van der Waals surface area contributed by atoms with Crippen LogP contribution in [0.4, 0.5) is 5.13 Å². The minimum atomic E-state index is -0.456. The second-order valence-electron chi connectivity index (χ2n) is 4.84. The number of rotatable bonds is 5. The number of hydrogen-bond acceptors (Lipinski definition) is 6. The molecule has 7 nitrogen and oxygen atoms in total. The van der Waals surface area contributed by atoms with Gasteiger partial charge in [-0.3, -0.25) is 14.9 Å². The standard InChI is InChI=1S/C13H13N5O2S/c14-11(19)3-8-5-21-13(17-8)18-12(20)10-4-9(7-1-2-7)15-6-16-10/h4-7H,1-3H2,(H2,14,19)(H,17,18,20). The number of hydrogen-bond donors (Lipinski definition) is 2. The van der Waals surface area contributed by atoms with Gasteiger partial charge in [0.2, 0.25) is 5.91 Å². The van der Waals surface area contributed by atoms with Crippen molar-refractivity contribution < 1.29 is 9.59 Å². The number of nitrogens with zero attached hydrogens (tertiary/aromatic N) is 3. The van der Waals surface area contributed by atoms with E-state index in [0.717, 1.165) is 18.5 Å². The summed E-state index contributed by atoms with van der Waals surface area (Å²) in [5, 5.41) is 4.77. The highest BCUT2D eigenvalue weighted by Crippen LogP contribution is 2.38. The molecule has 3 rings (SSSR count). The third-order valence-corrected chi connectivity index (χ3v) is 3.85. The van der Waals surface area contributed by atoms with Crippen LogP contribution in [0.2, 0.25) is 0 Å². The van der Waals surface area contributed by atoms with Crippen LogP contribution in [0, 0.1) is 0 Å². The Balaban J connectivity index is 1.69. The summed E-state index contributed by atoms with van der Waals surface area (Å²) in [6.45, 7) is 0. The molecule has 0 radical (unpaired) electrons. The van der Waals surface area contributed by atoms with Crippen molar-refractivity contribution in [3.8, 4) is 0 Å². The van der Waals surface area contributed by atoms with Crippen molar-refractivity contribution in [2.75, 3.05) is 5.32 Å². The molecule has 1 fully saturated rings. The van der Waals surface area contributed by atoms with E-state index in [1.807, 2.05) is 0 Å². The maximum Gasteiger partial charge on any atom is 0.276 e. The van der Waals surface area contributed by atoms with Gasteiger partial charge < -0.3 is 5.73 Å². The van der Waals surface area contributed by atoms with E-state index in [0.29, 0.717) is 22.4 Å². The van der Waals surface area contributed by atoms with E-state index in [9.17, 15) is 9.59 Å². The fourth-order valence-electron chi connectivity index (χ4n) is 1.88. The zero-order valence-corrected chi connectivity index (χ0v) is 11.9. The van der Waals surface area contributed by atoms with Crippen molar-refractivity contribution in [3.63, 3.8) is 0 Å². The zero-order chi connectivity index (χ0) is 14.8. The van der Waals surface area contributed by atoms with Crippen LogP contribution in [0.5, 0.6) is 0 Å². The van der Waals surface area contributed by atoms with Gasteiger partial charge in [-0.05, 0) is 18.9 Å². The molecule has 0 bridgehead atoms. The molecule has 2 aromatic rings. The smallest absolute Gasteiger partial charge is 0.276 e. The second kappa shape index (κ2) is 5.57. The number of carbonyl (C=O) groups is 2. The van der Waals surface area contributed by atoms with Gasteiger partial charge in [0, 0.05) is 17.0 Å². The number of amides is 2. The number of thiazole rings is 1. The van der Waals surface area contributed by atoms with Crippen LogP contribution in [0.1, 0.15) is 40.6 Å². The lowest BCUT2D eigenvalue weighted by Gasteiger charge is -2.02. The molecule has 2 amide bonds. The number of primary amides is 1. The molecular weight excluding hydrogens is 290 g/mol. The Labute approximate surface area is 124 Å². The van der Waals surface area contributed by atoms with Gasteiger partial charge in [-0.25, -0.2) is 15.0 Å². The number of nitrogens with two attached hydrogens (primary N) is 1. The summed E-state index contributed by atoms with van der Waals surface area (Å²) >= 11 is 1.24. The summed E-state index contributed by atoms with van der Waals surface area (Å²) in [6, 6.07) is 1.71. The summed E-state index contributed by atoms with van der Waals surface area (Å²) in [5.41, 5.74) is 6.87. The predicted octanol–water partition coefficient (Wildman–Crippen LogP) is 1.09. The molecular formula is C13H13N5O2S. The second-order valence-corrected chi connectivity index (χ2v) is 5.70. The van der Waals surface area contributed by atoms with Gasteiger partial charge in [0.25, 0.3) is 5.91 Å². The highest BCUT2D eigenvalue weighted by molar-refractivity contribution is 7.14. The first-order chi connectivity index (χ1) is 10.1. The highest BCUT2D eigenvalue weighted by Gasteiger charge is 2.26. The molecule has 2 aromatic heterocycles. The summed E-state index contributed by atoms with van der Waals surface area (Å²) in [7, 11) is 0. The van der Waals surface area contributed by atoms with E-state index in [4.69, 9.17) is 5.73 Å². The Morgan fingerprint density at radius 1 is 1.38 bits per heavy atom. The van der Waals surface area contributed by atoms with Crippen molar-refractivity contribution in [2.24, 2.45) is 5.73 Å². The molecule has 2 heterocycles. The van der Waals surface area contributed by atoms with Crippen LogP contribution in [0.3, 0.4) is 0 Å². The molecule has 0 spiro atoms. The fraction of sp³-hybridized carbons (Fsp3) is 0.308. The predicted molar refractivity (Wildman–Crippen MR) is 77.0 cm³/mol. The molecule has 21 heavy (non-hydrogen) atoms. The van der Waals surface area contributed by atoms with Crippen molar-refractivity contribution in [1.29, 1.82) is 0 Å². The van der Waals surface area contributed by atoms with E-state index in [1.165, 1.54) is 17.7 Å². The van der Waals surface area contributed by atoms with E-state index in [1.54, 1.807) is 11.4 Å². The van der Waals surface area contributed by atoms with Crippen LogP contribution in [-0.4, -0.2) is 26.8 Å². The normalized spacial score (nSPS) is 13.9. The molecule has 1 aliphatic carbocycles. The molecule has 0 aromatic carbocycles. The molecule has 0 atom stereocenters. The van der Waals surface area contributed by atoms with E-state index in [2.05, 4.69) is 20.3 Å². The topological polar surface area (TPSA) is 111 Å². The van der Waals surface area contributed by atoms with Crippen LogP contribution in [-0.2, 0) is 11.2 Å². The van der Waals surface area contributed by atoms with Gasteiger partial charge in [0.15, 0.2) is 5.13 Å². The number of anilines is 1. The van der Waals surface area contributed by atoms with E-state index < -0.39 is 5.91 Å². The van der Waals surface area contributed by atoms with Crippen LogP contribution in [0.25, 0.3) is 0 Å². The summed E-state index contributed by atoms with van der Waals surface area (Å²) in [4.78, 5) is 35.2. The quantitative estimate of drug-likeness (QED) is 0.859. The van der Waals surface area contributed by atoms with Gasteiger partial charge >= 0.3 is 0 Å². The summed E-state index contributed by atoms with van der Waals surface area (Å²) in [5.74, 6) is -0.330. The van der Waals surface area contributed by atoms with Gasteiger partial charge in [-0.1, -0.05) is 0 Å². The fourth-order valence-corrected chi connectivity index (χ4v) is 2.59. The Bertz CT molecular complexity index is 695. The van der Waals surface area contributed by atoms with Crippen molar-refractivity contribution >= 4 is 28.3 Å². The van der Waals surface area contributed by atoms with E-state index >= 15 is 0 Å². The molecule has 0 unspecified atom stereocenters. The monoisotopic (exact) mass is 303 g/mol. The molecule has 3 N–H and O–H groups in total. The number of aromatic nitrogens is 3. The largest absolute Gasteiger partial charge is 0.369 e. The lowest BCUT2D eigenvalue weighted by molar-refractivity contribution is -0.117. The van der Waals surface area contributed by atoms with Crippen molar-refractivity contribution in [1.82, 2.24) is 15.0 Å². The highest BCUT2D eigenvalue weighted by atomic mass is 32.1. The average Bonchev–Trinajstić information content (AvgIpc) is 3.22. The summed E-state index contributed by atoms with van der Waals surface area (Å²) in [6.07, 6.45) is 3.69. The Morgan fingerprint density at radius 2 is 2.19 bits per heavy atom. The third kappa shape index (κ3) is 3.40. The molecule has 1 saturated carbocycles. The van der Waals surface area contributed by atoms with Gasteiger partial charge in [0.1, 0.15) is 12.0 Å². The van der Waals surface area contributed by atoms with E-state index in [-0.39, 0.29) is 12.3 Å². The minimum absolute atomic E-state index is 0.0612. The van der Waals surface area contributed by atoms with Gasteiger partial charge in [0.05, 0.1) is 12.1 Å². The maximum absolute atomic E-state index is 12.1. The maximum atomic E-state index is 12.1. The van der Waals surface area contributed by atoms with Gasteiger partial charge in [-0.15, -0.1) is 11.3 Å². The Hall–Kier alpha value is -2.35. The first-order valence-electron chi connectivity index (χ1n) is 6.48. The van der Waals surface area contributed by atoms with Crippen LogP contribution < -0.4 is 11.1 Å². The SMILES string of the molecule is NC(=O)Cc1csc(NC(=O)c2cc(C3CC3)ncn2)n1.